The topological polar surface area (TPSA) is 0 Å². The third-order valence-corrected chi connectivity index (χ3v) is 8.92. The van der Waals surface area contributed by atoms with Crippen LogP contribution in [0.3, 0.4) is 0 Å². The van der Waals surface area contributed by atoms with E-state index < -0.39 is 10.0 Å². The quantitative estimate of drug-likeness (QED) is 0.640. The van der Waals surface area contributed by atoms with E-state index in [1.165, 1.54) is 10.5 Å². The summed E-state index contributed by atoms with van der Waals surface area (Å²) in [6, 6.07) is 19.9. The second kappa shape index (κ2) is 4.17. The van der Waals surface area contributed by atoms with Crippen LogP contribution < -0.4 is 0 Å². The summed E-state index contributed by atoms with van der Waals surface area (Å²) in [4.78, 5) is 3.07. The Hall–Kier alpha value is -1.21. The Bertz CT molecular complexity index is 557. The van der Waals surface area contributed by atoms with E-state index in [4.69, 9.17) is 0 Å². The van der Waals surface area contributed by atoms with E-state index in [-0.39, 0.29) is 7.43 Å². The molecule has 0 saturated carbocycles. The number of rotatable bonds is 1. The van der Waals surface area contributed by atoms with Gasteiger partial charge in [-0.3, -0.25) is 0 Å². The molecule has 1 aliphatic heterocycles. The van der Waals surface area contributed by atoms with Crippen LogP contribution in [-0.4, -0.2) is 6.26 Å². The summed E-state index contributed by atoms with van der Waals surface area (Å²) in [6.07, 6.45) is 2.45. The monoisotopic (exact) mass is 258 g/mol. The van der Waals surface area contributed by atoms with Crippen LogP contribution in [-0.2, 0) is 4.75 Å². The van der Waals surface area contributed by atoms with Gasteiger partial charge in [0, 0.05) is 4.75 Å². The molecule has 1 heteroatoms. The first-order chi connectivity index (χ1) is 8.08. The van der Waals surface area contributed by atoms with Crippen LogP contribution in [0, 0.1) is 0 Å². The second-order valence-corrected chi connectivity index (χ2v) is 9.01. The first-order valence-corrected chi connectivity index (χ1v) is 8.05. The Morgan fingerprint density at radius 1 is 0.833 bits per heavy atom. The number of fused-ring (bicyclic) bond motifs is 1. The van der Waals surface area contributed by atoms with Gasteiger partial charge in [0.05, 0.1) is 0 Å². The van der Waals surface area contributed by atoms with Gasteiger partial charge in [0.1, 0.15) is 0 Å². The third-order valence-electron chi connectivity index (χ3n) is 4.21. The second-order valence-electron chi connectivity index (χ2n) is 5.24. The molecule has 0 bridgehead atoms. The average Bonchev–Trinajstić information content (AvgIpc) is 2.39. The van der Waals surface area contributed by atoms with Crippen molar-refractivity contribution in [3.63, 3.8) is 0 Å². The fourth-order valence-electron chi connectivity index (χ4n) is 2.88. The summed E-state index contributed by atoms with van der Waals surface area (Å²) < 4.78 is 0.297. The lowest BCUT2D eigenvalue weighted by Crippen LogP contribution is -2.36. The van der Waals surface area contributed by atoms with E-state index in [0.717, 1.165) is 0 Å². The van der Waals surface area contributed by atoms with Crippen molar-refractivity contribution in [3.8, 4) is 0 Å². The van der Waals surface area contributed by atoms with E-state index in [9.17, 15) is 0 Å². The molecular weight excluding hydrogens is 236 g/mol. The maximum Gasteiger partial charge on any atom is 0.0281 e. The largest absolute Gasteiger partial charge is 0.181 e. The van der Waals surface area contributed by atoms with Gasteiger partial charge in [0.2, 0.25) is 0 Å². The summed E-state index contributed by atoms with van der Waals surface area (Å²) in [7, 11) is -0.855. The smallest absolute Gasteiger partial charge is 0.0281 e. The highest BCUT2D eigenvalue weighted by atomic mass is 32.3. The highest BCUT2D eigenvalue weighted by Crippen LogP contribution is 2.80. The summed E-state index contributed by atoms with van der Waals surface area (Å²) >= 11 is 0. The van der Waals surface area contributed by atoms with Gasteiger partial charge < -0.3 is 0 Å². The van der Waals surface area contributed by atoms with Crippen molar-refractivity contribution in [2.45, 2.75) is 35.8 Å². The molecule has 3 rings (SSSR count). The number of benzene rings is 2. The van der Waals surface area contributed by atoms with Gasteiger partial charge in [0.25, 0.3) is 0 Å². The maximum absolute atomic E-state index is 2.45. The lowest BCUT2D eigenvalue weighted by Gasteiger charge is -2.60. The molecule has 18 heavy (non-hydrogen) atoms. The molecule has 0 aromatic heterocycles. The average molecular weight is 258 g/mol. The molecule has 0 aliphatic carbocycles. The molecule has 96 valence electrons. The zero-order chi connectivity index (χ0) is 12.1. The van der Waals surface area contributed by atoms with Crippen molar-refractivity contribution >= 4 is 10.0 Å². The molecule has 0 N–H and O–H groups in total. The molecule has 0 spiro atoms. The number of hydrogen-bond donors (Lipinski definition) is 0. The Kier molecular flexibility index (Phi) is 3.06. The Morgan fingerprint density at radius 3 is 2.06 bits per heavy atom. The molecule has 2 aromatic rings. The van der Waals surface area contributed by atoms with Gasteiger partial charge in [-0.15, -0.1) is 0 Å². The highest BCUT2D eigenvalue weighted by molar-refractivity contribution is 8.35. The predicted molar refractivity (Wildman–Crippen MR) is 82.7 cm³/mol. The van der Waals surface area contributed by atoms with Crippen molar-refractivity contribution in [1.29, 1.82) is 0 Å². The van der Waals surface area contributed by atoms with Gasteiger partial charge in [-0.1, -0.05) is 43.8 Å². The van der Waals surface area contributed by atoms with Gasteiger partial charge in [-0.25, -0.2) is 0 Å². The van der Waals surface area contributed by atoms with E-state index in [1.807, 2.05) is 0 Å². The van der Waals surface area contributed by atoms with Crippen LogP contribution in [0.2, 0.25) is 0 Å². The van der Waals surface area contributed by atoms with Gasteiger partial charge in [-0.05, 0) is 53.7 Å². The van der Waals surface area contributed by atoms with Crippen LogP contribution in [0.1, 0.15) is 26.8 Å². The van der Waals surface area contributed by atoms with E-state index >= 15 is 0 Å². The van der Waals surface area contributed by atoms with Crippen LogP contribution in [0.5, 0.6) is 0 Å². The molecule has 0 radical (unpaired) electrons. The van der Waals surface area contributed by atoms with Crippen molar-refractivity contribution in [1.82, 2.24) is 0 Å². The molecule has 1 atom stereocenters. The van der Waals surface area contributed by atoms with Crippen LogP contribution >= 0.6 is 10.0 Å². The van der Waals surface area contributed by atoms with E-state index in [1.54, 1.807) is 4.90 Å². The molecule has 1 aliphatic rings. The van der Waals surface area contributed by atoms with Crippen molar-refractivity contribution in [3.05, 3.63) is 60.2 Å². The minimum atomic E-state index is -0.855. The van der Waals surface area contributed by atoms with Crippen molar-refractivity contribution < 1.29 is 0 Å². The van der Waals surface area contributed by atoms with E-state index in [2.05, 4.69) is 74.7 Å². The molecule has 2 aromatic carbocycles. The molecule has 0 saturated heterocycles. The molecule has 1 heterocycles. The van der Waals surface area contributed by atoms with Crippen LogP contribution in [0.4, 0.5) is 0 Å². The summed E-state index contributed by atoms with van der Waals surface area (Å²) in [5, 5.41) is 0. The Balaban J connectivity index is 0.00000120. The summed E-state index contributed by atoms with van der Waals surface area (Å²) in [5.74, 6) is 0. The lowest BCUT2D eigenvalue weighted by molar-refractivity contribution is 0.698. The Labute approximate surface area is 112 Å². The van der Waals surface area contributed by atoms with Crippen LogP contribution in [0.25, 0.3) is 0 Å². The standard InChI is InChI=1S/C16H18S.CH4/c1-16(2)14-11-7-8-12-15(14)17(16,3)13-9-5-4-6-10-13;/h4-12H,1-3H3;1H4. The molecule has 0 fully saturated rings. The lowest BCUT2D eigenvalue weighted by atomic mass is 10.0. The normalized spacial score (nSPS) is 27.1. The zero-order valence-electron chi connectivity index (χ0n) is 10.6. The summed E-state index contributed by atoms with van der Waals surface area (Å²) in [5.41, 5.74) is 1.53. The SMILES string of the molecule is C.CC1(C)c2ccccc2S1(C)c1ccccc1. The van der Waals surface area contributed by atoms with Crippen LogP contribution in [0.15, 0.2) is 64.4 Å². The maximum atomic E-state index is 2.45. The first kappa shape index (κ1) is 13.2. The van der Waals surface area contributed by atoms with Gasteiger partial charge >= 0.3 is 0 Å². The van der Waals surface area contributed by atoms with E-state index in [0.29, 0.717) is 4.75 Å². The molecule has 1 unspecified atom stereocenters. The molecule has 0 amide bonds. The third kappa shape index (κ3) is 1.40. The molecular formula is C17H22S. The highest BCUT2D eigenvalue weighted by Gasteiger charge is 2.51. The fraction of sp³-hybridized carbons (Fsp3) is 0.294. The molecule has 0 nitrogen and oxygen atoms in total. The summed E-state index contributed by atoms with van der Waals surface area (Å²) in [6.45, 7) is 4.77. The predicted octanol–water partition coefficient (Wildman–Crippen LogP) is 5.42. The van der Waals surface area contributed by atoms with Crippen molar-refractivity contribution in [2.75, 3.05) is 6.26 Å². The van der Waals surface area contributed by atoms with Gasteiger partial charge in [0.15, 0.2) is 0 Å². The minimum absolute atomic E-state index is 0. The Morgan fingerprint density at radius 2 is 1.39 bits per heavy atom. The van der Waals surface area contributed by atoms with Gasteiger partial charge in [-0.2, -0.15) is 10.0 Å². The zero-order valence-corrected chi connectivity index (χ0v) is 11.4. The number of hydrogen-bond acceptors (Lipinski definition) is 0. The van der Waals surface area contributed by atoms with Crippen molar-refractivity contribution in [2.24, 2.45) is 0 Å². The minimum Gasteiger partial charge on any atom is -0.181 e. The first-order valence-electron chi connectivity index (χ1n) is 6.01. The fourth-order valence-corrected chi connectivity index (χ4v) is 6.56.